The van der Waals surface area contributed by atoms with E-state index in [1.807, 2.05) is 43.3 Å². The first kappa shape index (κ1) is 16.6. The Bertz CT molecular complexity index is 605. The molecule has 0 unspecified atom stereocenters. The standard InChI is InChI=1S/C19H22O2S/c1-3-19(20)16-8-10-18(11-9-16)22-13-5-12-21-17-7-4-6-15(2)14-17/h4,6-11,14H,3,5,12-13H2,1-2H3. The highest BCUT2D eigenvalue weighted by Gasteiger charge is 2.02. The number of aryl methyl sites for hydroxylation is 1. The average molecular weight is 314 g/mol. The van der Waals surface area contributed by atoms with E-state index in [0.717, 1.165) is 30.1 Å². The van der Waals surface area contributed by atoms with E-state index in [-0.39, 0.29) is 5.78 Å². The number of ether oxygens (including phenoxy) is 1. The van der Waals surface area contributed by atoms with Crippen molar-refractivity contribution in [1.29, 1.82) is 0 Å². The summed E-state index contributed by atoms with van der Waals surface area (Å²) in [7, 11) is 0. The average Bonchev–Trinajstić information content (AvgIpc) is 2.54. The first-order valence-corrected chi connectivity index (χ1v) is 8.63. The summed E-state index contributed by atoms with van der Waals surface area (Å²) < 4.78 is 5.73. The fraction of sp³-hybridized carbons (Fsp3) is 0.316. The first-order chi connectivity index (χ1) is 10.7. The smallest absolute Gasteiger partial charge is 0.162 e. The largest absolute Gasteiger partial charge is 0.494 e. The van der Waals surface area contributed by atoms with Crippen LogP contribution in [0.25, 0.3) is 0 Å². The molecule has 0 aliphatic carbocycles. The molecule has 2 nitrogen and oxygen atoms in total. The lowest BCUT2D eigenvalue weighted by Crippen LogP contribution is -1.99. The van der Waals surface area contributed by atoms with Gasteiger partial charge >= 0.3 is 0 Å². The molecule has 0 heterocycles. The maximum Gasteiger partial charge on any atom is 0.162 e. The third-order valence-corrected chi connectivity index (χ3v) is 4.41. The summed E-state index contributed by atoms with van der Waals surface area (Å²) >= 11 is 1.80. The van der Waals surface area contributed by atoms with Crippen molar-refractivity contribution >= 4 is 17.5 Å². The van der Waals surface area contributed by atoms with Crippen LogP contribution in [0.5, 0.6) is 5.75 Å². The van der Waals surface area contributed by atoms with Crippen molar-refractivity contribution in [3.8, 4) is 5.75 Å². The van der Waals surface area contributed by atoms with Gasteiger partial charge in [0.1, 0.15) is 5.75 Å². The summed E-state index contributed by atoms with van der Waals surface area (Å²) in [5, 5.41) is 0. The number of benzene rings is 2. The second-order valence-corrected chi connectivity index (χ2v) is 6.34. The molecule has 22 heavy (non-hydrogen) atoms. The lowest BCUT2D eigenvalue weighted by Gasteiger charge is -2.07. The summed E-state index contributed by atoms with van der Waals surface area (Å²) in [6.07, 6.45) is 1.55. The van der Waals surface area contributed by atoms with Crippen molar-refractivity contribution in [2.75, 3.05) is 12.4 Å². The Morgan fingerprint density at radius 3 is 2.59 bits per heavy atom. The number of carbonyl (C=O) groups excluding carboxylic acids is 1. The Balaban J connectivity index is 1.69. The van der Waals surface area contributed by atoms with Gasteiger partial charge in [0.15, 0.2) is 5.78 Å². The van der Waals surface area contributed by atoms with E-state index in [1.165, 1.54) is 10.5 Å². The lowest BCUT2D eigenvalue weighted by atomic mass is 10.1. The second-order valence-electron chi connectivity index (χ2n) is 5.17. The van der Waals surface area contributed by atoms with Gasteiger partial charge in [-0.25, -0.2) is 0 Å². The summed E-state index contributed by atoms with van der Waals surface area (Å²) in [5.74, 6) is 2.14. The molecule has 0 fully saturated rings. The molecular formula is C19H22O2S. The summed E-state index contributed by atoms with van der Waals surface area (Å²) in [5.41, 5.74) is 2.02. The molecule has 0 aliphatic rings. The van der Waals surface area contributed by atoms with Crippen LogP contribution in [0.3, 0.4) is 0 Å². The SMILES string of the molecule is CCC(=O)c1ccc(SCCCOc2cccc(C)c2)cc1. The molecule has 0 amide bonds. The predicted octanol–water partition coefficient (Wildman–Crippen LogP) is 5.15. The minimum atomic E-state index is 0.197. The van der Waals surface area contributed by atoms with E-state index < -0.39 is 0 Å². The maximum atomic E-state index is 11.6. The fourth-order valence-electron chi connectivity index (χ4n) is 2.09. The van der Waals surface area contributed by atoms with Crippen LogP contribution in [0.15, 0.2) is 53.4 Å². The summed E-state index contributed by atoms with van der Waals surface area (Å²) in [6.45, 7) is 4.68. The normalized spacial score (nSPS) is 10.5. The molecule has 2 aromatic carbocycles. The van der Waals surface area contributed by atoms with Crippen LogP contribution in [0.2, 0.25) is 0 Å². The van der Waals surface area contributed by atoms with Gasteiger partial charge in [0.2, 0.25) is 0 Å². The van der Waals surface area contributed by atoms with Crippen molar-refractivity contribution in [2.45, 2.75) is 31.6 Å². The van der Waals surface area contributed by atoms with Gasteiger partial charge in [0.05, 0.1) is 6.61 Å². The van der Waals surface area contributed by atoms with Gasteiger partial charge in [0.25, 0.3) is 0 Å². The van der Waals surface area contributed by atoms with Crippen molar-refractivity contribution in [2.24, 2.45) is 0 Å². The van der Waals surface area contributed by atoms with Gasteiger partial charge in [0, 0.05) is 22.6 Å². The molecule has 0 N–H and O–H groups in total. The minimum Gasteiger partial charge on any atom is -0.494 e. The van der Waals surface area contributed by atoms with Gasteiger partial charge in [-0.3, -0.25) is 4.79 Å². The number of ketones is 1. The molecule has 2 rings (SSSR count). The van der Waals surface area contributed by atoms with Crippen LogP contribution in [0.1, 0.15) is 35.7 Å². The molecule has 0 saturated carbocycles. The number of rotatable bonds is 8. The van der Waals surface area contributed by atoms with Crippen molar-refractivity contribution in [1.82, 2.24) is 0 Å². The molecule has 0 saturated heterocycles. The van der Waals surface area contributed by atoms with Gasteiger partial charge < -0.3 is 4.74 Å². The molecule has 0 atom stereocenters. The van der Waals surface area contributed by atoms with Gasteiger partial charge in [-0.1, -0.05) is 31.2 Å². The molecular weight excluding hydrogens is 292 g/mol. The monoisotopic (exact) mass is 314 g/mol. The maximum absolute atomic E-state index is 11.6. The highest BCUT2D eigenvalue weighted by molar-refractivity contribution is 7.99. The van der Waals surface area contributed by atoms with E-state index in [4.69, 9.17) is 4.74 Å². The van der Waals surface area contributed by atoms with Gasteiger partial charge in [-0.2, -0.15) is 0 Å². The second kappa shape index (κ2) is 8.64. The number of hydrogen-bond donors (Lipinski definition) is 0. The van der Waals surface area contributed by atoms with E-state index >= 15 is 0 Å². The number of Topliss-reactive ketones (excluding diaryl/α,β-unsaturated/α-hetero) is 1. The summed E-state index contributed by atoms with van der Waals surface area (Å²) in [6, 6.07) is 16.0. The molecule has 0 bridgehead atoms. The number of carbonyl (C=O) groups is 1. The third kappa shape index (κ3) is 5.23. The van der Waals surface area contributed by atoms with Gasteiger partial charge in [-0.05, 0) is 43.2 Å². The van der Waals surface area contributed by atoms with Crippen molar-refractivity contribution in [3.63, 3.8) is 0 Å². The quantitative estimate of drug-likeness (QED) is 0.383. The van der Waals surface area contributed by atoms with E-state index in [9.17, 15) is 4.79 Å². The zero-order chi connectivity index (χ0) is 15.8. The highest BCUT2D eigenvalue weighted by Crippen LogP contribution is 2.20. The molecule has 0 aromatic heterocycles. The number of hydrogen-bond acceptors (Lipinski definition) is 3. The highest BCUT2D eigenvalue weighted by atomic mass is 32.2. The van der Waals surface area contributed by atoms with E-state index in [0.29, 0.717) is 6.42 Å². The topological polar surface area (TPSA) is 26.3 Å². The Morgan fingerprint density at radius 2 is 1.91 bits per heavy atom. The fourth-order valence-corrected chi connectivity index (χ4v) is 2.91. The summed E-state index contributed by atoms with van der Waals surface area (Å²) in [4.78, 5) is 12.8. The molecule has 2 aromatic rings. The molecule has 116 valence electrons. The minimum absolute atomic E-state index is 0.197. The third-order valence-electron chi connectivity index (χ3n) is 3.31. The Kier molecular flexibility index (Phi) is 6.53. The van der Waals surface area contributed by atoms with E-state index in [1.54, 1.807) is 11.8 Å². The Labute approximate surface area is 136 Å². The number of thioether (sulfide) groups is 1. The lowest BCUT2D eigenvalue weighted by molar-refractivity contribution is 0.0988. The van der Waals surface area contributed by atoms with Gasteiger partial charge in [-0.15, -0.1) is 11.8 Å². The molecule has 0 radical (unpaired) electrons. The zero-order valence-electron chi connectivity index (χ0n) is 13.2. The van der Waals surface area contributed by atoms with E-state index in [2.05, 4.69) is 19.1 Å². The Hall–Kier alpha value is -1.74. The zero-order valence-corrected chi connectivity index (χ0v) is 14.0. The predicted molar refractivity (Wildman–Crippen MR) is 93.1 cm³/mol. The van der Waals surface area contributed by atoms with Crippen LogP contribution < -0.4 is 4.74 Å². The first-order valence-electron chi connectivity index (χ1n) is 7.64. The van der Waals surface area contributed by atoms with Crippen LogP contribution >= 0.6 is 11.8 Å². The molecule has 0 aliphatic heterocycles. The van der Waals surface area contributed by atoms with Crippen molar-refractivity contribution < 1.29 is 9.53 Å². The molecule has 0 spiro atoms. The van der Waals surface area contributed by atoms with Crippen LogP contribution in [-0.4, -0.2) is 18.1 Å². The Morgan fingerprint density at radius 1 is 1.14 bits per heavy atom. The van der Waals surface area contributed by atoms with Crippen LogP contribution in [0, 0.1) is 6.92 Å². The molecule has 3 heteroatoms. The van der Waals surface area contributed by atoms with Crippen LogP contribution in [-0.2, 0) is 0 Å². The van der Waals surface area contributed by atoms with Crippen LogP contribution in [0.4, 0.5) is 0 Å². The van der Waals surface area contributed by atoms with Crippen molar-refractivity contribution in [3.05, 3.63) is 59.7 Å².